The van der Waals surface area contributed by atoms with E-state index in [1.807, 2.05) is 10.9 Å². The third kappa shape index (κ3) is 2.45. The first kappa shape index (κ1) is 14.6. The third-order valence-corrected chi connectivity index (χ3v) is 5.47. The van der Waals surface area contributed by atoms with E-state index in [-0.39, 0.29) is 0 Å². The molecule has 108 valence electrons. The van der Waals surface area contributed by atoms with Crippen molar-refractivity contribution in [3.05, 3.63) is 18.0 Å². The monoisotopic (exact) mass is 263 g/mol. The van der Waals surface area contributed by atoms with Crippen molar-refractivity contribution < 1.29 is 0 Å². The lowest BCUT2D eigenvalue weighted by Crippen LogP contribution is -2.35. The average Bonchev–Trinajstić information content (AvgIpc) is 2.69. The molecule has 19 heavy (non-hydrogen) atoms. The highest BCUT2D eigenvalue weighted by Gasteiger charge is 2.66. The average molecular weight is 263 g/mol. The minimum atomic E-state index is 0.431. The Morgan fingerprint density at radius 3 is 2.32 bits per heavy atom. The Kier molecular flexibility index (Phi) is 3.78. The number of nitrogens with one attached hydrogen (secondary N) is 1. The smallest absolute Gasteiger partial charge is 0.0522 e. The van der Waals surface area contributed by atoms with E-state index in [9.17, 15) is 0 Å². The van der Waals surface area contributed by atoms with E-state index in [1.54, 1.807) is 0 Å². The molecule has 1 aliphatic rings. The summed E-state index contributed by atoms with van der Waals surface area (Å²) in [5, 5.41) is 8.08. The van der Waals surface area contributed by atoms with Crippen LogP contribution >= 0.6 is 0 Å². The van der Waals surface area contributed by atoms with Gasteiger partial charge in [0.15, 0.2) is 0 Å². The van der Waals surface area contributed by atoms with Crippen LogP contribution in [0.2, 0.25) is 0 Å². The zero-order valence-corrected chi connectivity index (χ0v) is 13.3. The fourth-order valence-corrected chi connectivity index (χ4v) is 3.76. The Hall–Kier alpha value is -0.830. The minimum absolute atomic E-state index is 0.431. The van der Waals surface area contributed by atoms with Crippen molar-refractivity contribution >= 4 is 0 Å². The van der Waals surface area contributed by atoms with Crippen LogP contribution < -0.4 is 5.32 Å². The van der Waals surface area contributed by atoms with E-state index in [0.717, 1.165) is 25.4 Å². The maximum atomic E-state index is 4.39. The minimum Gasteiger partial charge on any atom is -0.314 e. The molecule has 1 unspecified atom stereocenters. The van der Waals surface area contributed by atoms with Crippen molar-refractivity contribution in [1.29, 1.82) is 0 Å². The van der Waals surface area contributed by atoms with E-state index in [2.05, 4.69) is 58.2 Å². The second-order valence-electron chi connectivity index (χ2n) is 6.99. The fourth-order valence-electron chi connectivity index (χ4n) is 3.76. The summed E-state index contributed by atoms with van der Waals surface area (Å²) in [6.07, 6.45) is 5.30. The molecule has 1 fully saturated rings. The lowest BCUT2D eigenvalue weighted by atomic mass is 9.98. The van der Waals surface area contributed by atoms with Crippen LogP contribution in [0.4, 0.5) is 0 Å². The molecular weight excluding hydrogens is 234 g/mol. The predicted molar refractivity (Wildman–Crippen MR) is 80.1 cm³/mol. The number of nitrogens with zero attached hydrogens (tertiary/aromatic N) is 2. The van der Waals surface area contributed by atoms with Crippen LogP contribution in [0.5, 0.6) is 0 Å². The Balaban J connectivity index is 2.09. The van der Waals surface area contributed by atoms with Crippen LogP contribution in [-0.2, 0) is 13.0 Å². The Morgan fingerprint density at radius 1 is 1.26 bits per heavy atom. The molecule has 0 amide bonds. The van der Waals surface area contributed by atoms with Crippen molar-refractivity contribution in [3.8, 4) is 0 Å². The second kappa shape index (κ2) is 4.93. The van der Waals surface area contributed by atoms with Gasteiger partial charge in [0.25, 0.3) is 0 Å². The van der Waals surface area contributed by atoms with Gasteiger partial charge in [0.2, 0.25) is 0 Å². The molecule has 0 bridgehead atoms. The van der Waals surface area contributed by atoms with Crippen molar-refractivity contribution in [2.24, 2.45) is 16.7 Å². The van der Waals surface area contributed by atoms with Crippen molar-refractivity contribution in [1.82, 2.24) is 15.1 Å². The zero-order chi connectivity index (χ0) is 14.3. The van der Waals surface area contributed by atoms with Gasteiger partial charge in [-0.2, -0.15) is 5.10 Å². The van der Waals surface area contributed by atoms with Gasteiger partial charge < -0.3 is 5.32 Å². The highest BCUT2D eigenvalue weighted by atomic mass is 15.3. The molecule has 0 saturated heterocycles. The summed E-state index contributed by atoms with van der Waals surface area (Å²) < 4.78 is 2.02. The van der Waals surface area contributed by atoms with Gasteiger partial charge in [-0.25, -0.2) is 0 Å². The number of aryl methyl sites for hydroxylation is 1. The number of hydrogen-bond acceptors (Lipinski definition) is 2. The Labute approximate surface area is 117 Å². The second-order valence-corrected chi connectivity index (χ2v) is 6.99. The summed E-state index contributed by atoms with van der Waals surface area (Å²) in [5.74, 6) is 0.741. The summed E-state index contributed by atoms with van der Waals surface area (Å²) in [7, 11) is 0. The number of hydrogen-bond donors (Lipinski definition) is 1. The standard InChI is InChI=1S/C16H29N3/c1-7-17-13(14-15(3,4)16(14,5)6)9-12-10-18-19(8-2)11-12/h10-11,13-14,17H,7-9H2,1-6H3. The molecule has 3 nitrogen and oxygen atoms in total. The van der Waals surface area contributed by atoms with Gasteiger partial charge in [-0.1, -0.05) is 34.6 Å². The normalized spacial score (nSPS) is 22.4. The molecule has 0 aromatic carbocycles. The molecule has 1 heterocycles. The maximum absolute atomic E-state index is 4.39. The molecule has 0 aliphatic heterocycles. The van der Waals surface area contributed by atoms with Crippen molar-refractivity contribution in [2.45, 2.75) is 60.5 Å². The molecule has 1 saturated carbocycles. The van der Waals surface area contributed by atoms with Gasteiger partial charge in [0, 0.05) is 18.8 Å². The number of likely N-dealkylation sites (N-methyl/N-ethyl adjacent to an activating group) is 1. The molecule has 2 rings (SSSR count). The van der Waals surface area contributed by atoms with Crippen LogP contribution in [0.3, 0.4) is 0 Å². The highest BCUT2D eigenvalue weighted by Crippen LogP contribution is 2.69. The van der Waals surface area contributed by atoms with Gasteiger partial charge in [0.05, 0.1) is 6.20 Å². The summed E-state index contributed by atoms with van der Waals surface area (Å²) in [4.78, 5) is 0. The Bertz CT molecular complexity index is 417. The van der Waals surface area contributed by atoms with E-state index in [0.29, 0.717) is 16.9 Å². The van der Waals surface area contributed by atoms with Crippen molar-refractivity contribution in [2.75, 3.05) is 6.54 Å². The number of rotatable bonds is 6. The molecule has 0 spiro atoms. The summed E-state index contributed by atoms with van der Waals surface area (Å²) >= 11 is 0. The van der Waals surface area contributed by atoms with Crippen molar-refractivity contribution in [3.63, 3.8) is 0 Å². The molecule has 1 aromatic heterocycles. The summed E-state index contributed by atoms with van der Waals surface area (Å²) in [6, 6.07) is 0.560. The van der Waals surface area contributed by atoms with Gasteiger partial charge >= 0.3 is 0 Å². The largest absolute Gasteiger partial charge is 0.314 e. The van der Waals surface area contributed by atoms with Gasteiger partial charge in [0.1, 0.15) is 0 Å². The van der Waals surface area contributed by atoms with Gasteiger partial charge in [-0.15, -0.1) is 0 Å². The van der Waals surface area contributed by atoms with Crippen LogP contribution in [0.25, 0.3) is 0 Å². The van der Waals surface area contributed by atoms with Crippen LogP contribution in [0, 0.1) is 16.7 Å². The van der Waals surface area contributed by atoms with Gasteiger partial charge in [-0.05, 0) is 42.2 Å². The molecule has 1 N–H and O–H groups in total. The van der Waals surface area contributed by atoms with E-state index < -0.39 is 0 Å². The quantitative estimate of drug-likeness (QED) is 0.854. The van der Waals surface area contributed by atoms with Crippen LogP contribution in [0.1, 0.15) is 47.1 Å². The summed E-state index contributed by atoms with van der Waals surface area (Å²) in [6.45, 7) is 15.9. The lowest BCUT2D eigenvalue weighted by Gasteiger charge is -2.19. The molecular formula is C16H29N3. The highest BCUT2D eigenvalue weighted by molar-refractivity contribution is 5.19. The van der Waals surface area contributed by atoms with E-state index in [4.69, 9.17) is 0 Å². The van der Waals surface area contributed by atoms with E-state index in [1.165, 1.54) is 5.56 Å². The molecule has 3 heteroatoms. The number of aromatic nitrogens is 2. The predicted octanol–water partition coefficient (Wildman–Crippen LogP) is 3.11. The van der Waals surface area contributed by atoms with E-state index >= 15 is 0 Å². The molecule has 1 aromatic rings. The first-order chi connectivity index (χ1) is 8.84. The van der Waals surface area contributed by atoms with Gasteiger partial charge in [-0.3, -0.25) is 4.68 Å². The zero-order valence-electron chi connectivity index (χ0n) is 13.3. The Morgan fingerprint density at radius 2 is 1.89 bits per heavy atom. The molecule has 1 atom stereocenters. The molecule has 1 aliphatic carbocycles. The third-order valence-electron chi connectivity index (χ3n) is 5.47. The fraction of sp³-hybridized carbons (Fsp3) is 0.812. The summed E-state index contributed by atoms with van der Waals surface area (Å²) in [5.41, 5.74) is 2.22. The SMILES string of the molecule is CCNC(Cc1cnn(CC)c1)C1C(C)(C)C1(C)C. The first-order valence-corrected chi connectivity index (χ1v) is 7.59. The lowest BCUT2D eigenvalue weighted by molar-refractivity contribution is 0.403. The molecule has 0 radical (unpaired) electrons. The maximum Gasteiger partial charge on any atom is 0.0522 e. The topological polar surface area (TPSA) is 29.9 Å². The van der Waals surface area contributed by atoms with Crippen LogP contribution in [-0.4, -0.2) is 22.4 Å². The van der Waals surface area contributed by atoms with Crippen LogP contribution in [0.15, 0.2) is 12.4 Å². The first-order valence-electron chi connectivity index (χ1n) is 7.59.